The molecule has 0 heterocycles. The van der Waals surface area contributed by atoms with Crippen LogP contribution in [0.25, 0.3) is 0 Å². The second-order valence-electron chi connectivity index (χ2n) is 14.3. The van der Waals surface area contributed by atoms with E-state index in [1.54, 1.807) is 0 Å². The smallest absolute Gasteiger partial charge is 0.306 e. The summed E-state index contributed by atoms with van der Waals surface area (Å²) >= 11 is 0. The molecule has 1 atom stereocenters. The summed E-state index contributed by atoms with van der Waals surface area (Å²) in [6, 6.07) is 0. The van der Waals surface area contributed by atoms with Crippen molar-refractivity contribution < 1.29 is 38.0 Å². The van der Waals surface area contributed by atoms with E-state index >= 15 is 0 Å². The summed E-state index contributed by atoms with van der Waals surface area (Å²) in [5.41, 5.74) is 0. The van der Waals surface area contributed by atoms with Crippen molar-refractivity contribution in [3.05, 3.63) is 36.5 Å². The van der Waals surface area contributed by atoms with Crippen molar-refractivity contribution >= 4 is 5.97 Å². The van der Waals surface area contributed by atoms with Gasteiger partial charge in [0.05, 0.1) is 27.7 Å². The van der Waals surface area contributed by atoms with E-state index < -0.39 is 0 Å². The lowest BCUT2D eigenvalue weighted by Crippen LogP contribution is -3.00. The fourth-order valence-corrected chi connectivity index (χ4v) is 5.84. The van der Waals surface area contributed by atoms with Gasteiger partial charge in [-0.3, -0.25) is 4.79 Å². The molecule has 0 aromatic rings. The van der Waals surface area contributed by atoms with Gasteiger partial charge in [0.25, 0.3) is 0 Å². The fraction of sp³-hybridized carbons (Fsp3) is 0.829. The molecule has 0 saturated heterocycles. The van der Waals surface area contributed by atoms with Gasteiger partial charge in [0.1, 0.15) is 6.10 Å². The quantitative estimate of drug-likeness (QED) is 0.0226. The molecule has 3 nitrogen and oxygen atoms in total. The van der Waals surface area contributed by atoms with Crippen LogP contribution in [0, 0.1) is 5.92 Å². The van der Waals surface area contributed by atoms with Gasteiger partial charge in [0, 0.05) is 6.42 Å². The Morgan fingerprint density at radius 3 is 1.33 bits per heavy atom. The predicted octanol–water partition coefficient (Wildman–Crippen LogP) is 9.71. The van der Waals surface area contributed by atoms with Gasteiger partial charge >= 0.3 is 5.97 Å². The first-order valence-corrected chi connectivity index (χ1v) is 19.3. The fourth-order valence-electron chi connectivity index (χ4n) is 5.84. The van der Waals surface area contributed by atoms with Crippen molar-refractivity contribution in [2.24, 2.45) is 5.92 Å². The average Bonchev–Trinajstić information content (AvgIpc) is 2.98. The van der Waals surface area contributed by atoms with E-state index in [-0.39, 0.29) is 36.0 Å². The molecule has 0 aliphatic rings. The van der Waals surface area contributed by atoms with Crippen molar-refractivity contribution in [2.45, 2.75) is 187 Å². The highest BCUT2D eigenvalue weighted by molar-refractivity contribution is 5.69. The maximum atomic E-state index is 13.1. The number of nitrogens with zero attached hydrogens (tertiary/aromatic N) is 1. The van der Waals surface area contributed by atoms with Gasteiger partial charge in [-0.15, -0.1) is 0 Å². The van der Waals surface area contributed by atoms with E-state index in [9.17, 15) is 4.79 Å². The van der Waals surface area contributed by atoms with Crippen LogP contribution in [0.2, 0.25) is 0 Å². The highest BCUT2D eigenvalue weighted by Crippen LogP contribution is 2.27. The number of hydrogen-bond donors (Lipinski definition) is 0. The summed E-state index contributed by atoms with van der Waals surface area (Å²) < 4.78 is 7.35. The second kappa shape index (κ2) is 34.7. The van der Waals surface area contributed by atoms with Gasteiger partial charge in [0.2, 0.25) is 0 Å². The third-order valence-electron chi connectivity index (χ3n) is 8.69. The molecule has 45 heavy (non-hydrogen) atoms. The maximum Gasteiger partial charge on any atom is 0.306 e. The van der Waals surface area contributed by atoms with Crippen LogP contribution in [0.5, 0.6) is 0 Å². The third kappa shape index (κ3) is 34.5. The van der Waals surface area contributed by atoms with Gasteiger partial charge in [-0.05, 0) is 121 Å². The Morgan fingerprint density at radius 1 is 0.533 bits per heavy atom. The number of halogens is 1. The molecule has 0 radical (unpaired) electrons. The standard InChI is InChI=1S/C41H78NO2.HI/c1-7-10-13-16-19-22-25-29-34-39(35-30-26-23-20-17-14-11-8-2)40(36-31-27-24-21-18-15-12-9-3)44-41(43)37-32-28-33-38-42(4,5)6;/h19-24,39-40H,7-18,25-38H2,1-6H3;1H/q+1;/p-1/b22-19-,23-20-,24-21-;. The molecule has 0 N–H and O–H groups in total. The number of hydrogen-bond acceptors (Lipinski definition) is 2. The number of rotatable bonds is 32. The van der Waals surface area contributed by atoms with Gasteiger partial charge < -0.3 is 33.2 Å². The minimum absolute atomic E-state index is 0. The number of esters is 1. The molecular formula is C41H78INO2. The summed E-state index contributed by atoms with van der Waals surface area (Å²) in [5.74, 6) is 0.500. The largest absolute Gasteiger partial charge is 1.00 e. The third-order valence-corrected chi connectivity index (χ3v) is 8.69. The molecule has 0 aliphatic heterocycles. The Labute approximate surface area is 300 Å². The Kier molecular flexibility index (Phi) is 35.9. The topological polar surface area (TPSA) is 26.3 Å². The van der Waals surface area contributed by atoms with E-state index in [0.29, 0.717) is 12.3 Å². The highest BCUT2D eigenvalue weighted by atomic mass is 127. The SMILES string of the molecule is CCCCC/C=C\CCCC(CCC/C=C\CCCCC)C(CCC/C=C\CCCCC)OC(=O)CCCCC[N+](C)(C)C.[I-]. The molecule has 4 heteroatoms. The molecule has 0 rings (SSSR count). The van der Waals surface area contributed by atoms with Crippen LogP contribution in [-0.2, 0) is 9.53 Å². The number of carbonyl (C=O) groups is 1. The van der Waals surface area contributed by atoms with Crippen LogP contribution in [0.3, 0.4) is 0 Å². The first-order chi connectivity index (χ1) is 21.3. The van der Waals surface area contributed by atoms with E-state index in [1.165, 1.54) is 96.3 Å². The first-order valence-electron chi connectivity index (χ1n) is 19.3. The average molecular weight is 744 g/mol. The highest BCUT2D eigenvalue weighted by Gasteiger charge is 2.24. The number of quaternary nitrogens is 1. The van der Waals surface area contributed by atoms with Gasteiger partial charge in [-0.1, -0.05) is 95.8 Å². The molecule has 0 bridgehead atoms. The first kappa shape index (κ1) is 46.5. The van der Waals surface area contributed by atoms with E-state index in [2.05, 4.69) is 78.4 Å². The lowest BCUT2D eigenvalue weighted by Gasteiger charge is -2.27. The van der Waals surface area contributed by atoms with Crippen LogP contribution < -0.4 is 24.0 Å². The lowest BCUT2D eigenvalue weighted by molar-refractivity contribution is -0.870. The molecule has 0 spiro atoms. The molecule has 0 amide bonds. The molecule has 0 aliphatic carbocycles. The van der Waals surface area contributed by atoms with E-state index in [0.717, 1.165) is 68.8 Å². The van der Waals surface area contributed by atoms with Gasteiger partial charge in [-0.25, -0.2) is 0 Å². The molecule has 0 saturated carbocycles. The minimum Gasteiger partial charge on any atom is -1.00 e. The van der Waals surface area contributed by atoms with Crippen molar-refractivity contribution in [3.8, 4) is 0 Å². The van der Waals surface area contributed by atoms with E-state index in [4.69, 9.17) is 4.74 Å². The molecule has 0 aromatic heterocycles. The van der Waals surface area contributed by atoms with Gasteiger partial charge in [-0.2, -0.15) is 0 Å². The van der Waals surface area contributed by atoms with Crippen LogP contribution >= 0.6 is 0 Å². The Hall–Kier alpha value is -0.620. The number of carbonyl (C=O) groups excluding carboxylic acids is 1. The van der Waals surface area contributed by atoms with Crippen molar-refractivity contribution in [1.29, 1.82) is 0 Å². The molecular weight excluding hydrogens is 665 g/mol. The summed E-state index contributed by atoms with van der Waals surface area (Å²) in [5, 5.41) is 0. The molecule has 1 unspecified atom stereocenters. The predicted molar refractivity (Wildman–Crippen MR) is 196 cm³/mol. The molecule has 266 valence electrons. The lowest BCUT2D eigenvalue weighted by atomic mass is 9.87. The Balaban J connectivity index is 0. The minimum atomic E-state index is 0. The van der Waals surface area contributed by atoms with Crippen molar-refractivity contribution in [1.82, 2.24) is 0 Å². The van der Waals surface area contributed by atoms with Crippen molar-refractivity contribution in [3.63, 3.8) is 0 Å². The normalized spacial score (nSPS) is 13.0. The summed E-state index contributed by atoms with van der Waals surface area (Å²) in [6.45, 7) is 7.96. The molecule has 0 fully saturated rings. The summed E-state index contributed by atoms with van der Waals surface area (Å²) in [6.07, 6.45) is 43.7. The zero-order chi connectivity index (χ0) is 32.6. The number of allylic oxidation sites excluding steroid dienone is 6. The Morgan fingerprint density at radius 2 is 0.933 bits per heavy atom. The zero-order valence-corrected chi connectivity index (χ0v) is 33.3. The van der Waals surface area contributed by atoms with Crippen LogP contribution in [0.4, 0.5) is 0 Å². The Bertz CT molecular complexity index is 683. The number of unbranched alkanes of at least 4 members (excludes halogenated alkanes) is 14. The zero-order valence-electron chi connectivity index (χ0n) is 31.1. The van der Waals surface area contributed by atoms with E-state index in [1.807, 2.05) is 0 Å². The van der Waals surface area contributed by atoms with Crippen LogP contribution in [0.15, 0.2) is 36.5 Å². The summed E-state index contributed by atoms with van der Waals surface area (Å²) in [7, 11) is 6.72. The molecule has 0 aromatic carbocycles. The monoisotopic (exact) mass is 744 g/mol. The number of ether oxygens (including phenoxy) is 1. The maximum absolute atomic E-state index is 13.1. The second-order valence-corrected chi connectivity index (χ2v) is 14.3. The van der Waals surface area contributed by atoms with Crippen LogP contribution in [0.1, 0.15) is 181 Å². The van der Waals surface area contributed by atoms with Gasteiger partial charge in [0.15, 0.2) is 0 Å². The summed E-state index contributed by atoms with van der Waals surface area (Å²) in [4.78, 5) is 13.1. The van der Waals surface area contributed by atoms with Crippen molar-refractivity contribution in [2.75, 3.05) is 27.7 Å². The van der Waals surface area contributed by atoms with Crippen LogP contribution in [-0.4, -0.2) is 44.2 Å².